The van der Waals surface area contributed by atoms with Crippen LogP contribution in [0, 0.1) is 5.92 Å². The lowest BCUT2D eigenvalue weighted by Crippen LogP contribution is -2.42. The second kappa shape index (κ2) is 12.2. The number of thiazole rings is 1. The van der Waals surface area contributed by atoms with Crippen LogP contribution in [0.5, 0.6) is 0 Å². The van der Waals surface area contributed by atoms with E-state index in [0.29, 0.717) is 18.4 Å². The second-order valence-corrected chi connectivity index (χ2v) is 9.92. The SMILES string of the molecule is CCc1nc(CN2CCC(CNC(=NC)NCc3ncc(C(C)(C)C)o3)CC2)cs1.I. The summed E-state index contributed by atoms with van der Waals surface area (Å²) in [6.45, 7) is 13.2. The third-order valence-electron chi connectivity index (χ3n) is 5.48. The van der Waals surface area contributed by atoms with Gasteiger partial charge in [0, 0.05) is 30.9 Å². The van der Waals surface area contributed by atoms with Gasteiger partial charge in [0.15, 0.2) is 5.96 Å². The van der Waals surface area contributed by atoms with Crippen LogP contribution in [0.1, 0.15) is 62.9 Å². The Morgan fingerprint density at radius 3 is 2.61 bits per heavy atom. The Bertz CT molecular complexity index is 820. The molecule has 1 aliphatic heterocycles. The van der Waals surface area contributed by atoms with Gasteiger partial charge >= 0.3 is 0 Å². The summed E-state index contributed by atoms with van der Waals surface area (Å²) in [5.74, 6) is 3.04. The molecule has 9 heteroatoms. The zero-order valence-electron chi connectivity index (χ0n) is 19.4. The lowest BCUT2D eigenvalue weighted by molar-refractivity contribution is 0.176. The lowest BCUT2D eigenvalue weighted by Gasteiger charge is -2.31. The summed E-state index contributed by atoms with van der Waals surface area (Å²) >= 11 is 1.78. The van der Waals surface area contributed by atoms with Gasteiger partial charge in [0.05, 0.1) is 23.4 Å². The van der Waals surface area contributed by atoms with Crippen LogP contribution in [0.15, 0.2) is 21.0 Å². The minimum Gasteiger partial charge on any atom is -0.443 e. The average Bonchev–Trinajstić information content (AvgIpc) is 3.38. The Kier molecular flexibility index (Phi) is 10.2. The Morgan fingerprint density at radius 1 is 1.29 bits per heavy atom. The van der Waals surface area contributed by atoms with Crippen molar-refractivity contribution in [3.63, 3.8) is 0 Å². The number of aliphatic imine (C=N–C) groups is 1. The standard InChI is InChI=1S/C22H36N6OS.HI/c1-6-20-27-17(15-30-20)14-28-9-7-16(8-10-28)11-25-21(23-5)26-13-19-24-12-18(29-19)22(2,3)4;/h12,15-16H,6-11,13-14H2,1-5H3,(H2,23,25,26);1H. The Labute approximate surface area is 207 Å². The van der Waals surface area contributed by atoms with E-state index >= 15 is 0 Å². The molecular formula is C22H37IN6OS. The highest BCUT2D eigenvalue weighted by Gasteiger charge is 2.21. The van der Waals surface area contributed by atoms with Gasteiger partial charge in [-0.2, -0.15) is 0 Å². The van der Waals surface area contributed by atoms with Gasteiger partial charge < -0.3 is 15.1 Å². The smallest absolute Gasteiger partial charge is 0.213 e. The van der Waals surface area contributed by atoms with Gasteiger partial charge in [0.2, 0.25) is 5.89 Å². The first kappa shape index (κ1) is 26.1. The molecule has 0 atom stereocenters. The van der Waals surface area contributed by atoms with E-state index in [1.165, 1.54) is 23.5 Å². The van der Waals surface area contributed by atoms with Crippen molar-refractivity contribution in [1.82, 2.24) is 25.5 Å². The predicted molar refractivity (Wildman–Crippen MR) is 138 cm³/mol. The fourth-order valence-electron chi connectivity index (χ4n) is 3.52. The minimum atomic E-state index is -0.0299. The van der Waals surface area contributed by atoms with Crippen molar-refractivity contribution in [3.8, 4) is 0 Å². The maximum absolute atomic E-state index is 5.84. The molecule has 1 aliphatic rings. The highest BCUT2D eigenvalue weighted by molar-refractivity contribution is 14.0. The summed E-state index contributed by atoms with van der Waals surface area (Å²) in [4.78, 5) is 15.9. The molecule has 0 spiro atoms. The first-order chi connectivity index (χ1) is 14.4. The van der Waals surface area contributed by atoms with Crippen LogP contribution in [0.25, 0.3) is 0 Å². The van der Waals surface area contributed by atoms with Crippen molar-refractivity contribution in [2.75, 3.05) is 26.7 Å². The number of rotatable bonds is 7. The maximum atomic E-state index is 5.84. The highest BCUT2D eigenvalue weighted by atomic mass is 127. The van der Waals surface area contributed by atoms with Gasteiger partial charge in [-0.1, -0.05) is 27.7 Å². The minimum absolute atomic E-state index is 0. The molecule has 174 valence electrons. The van der Waals surface area contributed by atoms with Crippen LogP contribution in [0.4, 0.5) is 0 Å². The van der Waals surface area contributed by atoms with Crippen molar-refractivity contribution in [2.24, 2.45) is 10.9 Å². The van der Waals surface area contributed by atoms with Gasteiger partial charge in [-0.3, -0.25) is 9.89 Å². The van der Waals surface area contributed by atoms with Crippen molar-refractivity contribution in [1.29, 1.82) is 0 Å². The van der Waals surface area contributed by atoms with Crippen molar-refractivity contribution in [3.05, 3.63) is 33.9 Å². The number of aryl methyl sites for hydroxylation is 1. The molecule has 1 fully saturated rings. The first-order valence-electron chi connectivity index (χ1n) is 10.9. The molecule has 0 saturated carbocycles. The molecule has 3 rings (SSSR count). The van der Waals surface area contributed by atoms with Gasteiger partial charge in [-0.15, -0.1) is 35.3 Å². The number of nitrogens with zero attached hydrogens (tertiary/aromatic N) is 4. The quantitative estimate of drug-likeness (QED) is 0.301. The summed E-state index contributed by atoms with van der Waals surface area (Å²) < 4.78 is 5.84. The summed E-state index contributed by atoms with van der Waals surface area (Å²) in [7, 11) is 1.80. The normalized spacial score (nSPS) is 16.2. The number of aromatic nitrogens is 2. The van der Waals surface area contributed by atoms with E-state index in [-0.39, 0.29) is 29.4 Å². The average molecular weight is 561 g/mol. The summed E-state index contributed by atoms with van der Waals surface area (Å²) in [6.07, 6.45) is 5.24. The Morgan fingerprint density at radius 2 is 2.03 bits per heavy atom. The number of likely N-dealkylation sites (tertiary alicyclic amines) is 1. The molecule has 2 aromatic rings. The van der Waals surface area contributed by atoms with Gasteiger partial charge in [0.25, 0.3) is 0 Å². The zero-order chi connectivity index (χ0) is 21.6. The number of guanidine groups is 1. The van der Waals surface area contributed by atoms with Crippen molar-refractivity contribution < 1.29 is 4.42 Å². The molecule has 2 N–H and O–H groups in total. The lowest BCUT2D eigenvalue weighted by atomic mass is 9.94. The second-order valence-electron chi connectivity index (χ2n) is 8.98. The largest absolute Gasteiger partial charge is 0.443 e. The number of oxazole rings is 1. The molecule has 0 bridgehead atoms. The molecule has 2 aromatic heterocycles. The van der Waals surface area contributed by atoms with E-state index < -0.39 is 0 Å². The third kappa shape index (κ3) is 8.02. The van der Waals surface area contributed by atoms with Crippen LogP contribution < -0.4 is 10.6 Å². The molecule has 31 heavy (non-hydrogen) atoms. The molecule has 1 saturated heterocycles. The van der Waals surface area contributed by atoms with Crippen molar-refractivity contribution >= 4 is 41.3 Å². The molecule has 0 radical (unpaired) electrons. The topological polar surface area (TPSA) is 78.6 Å². The van der Waals surface area contributed by atoms with Gasteiger partial charge in [0.1, 0.15) is 5.76 Å². The van der Waals surface area contributed by atoms with Crippen LogP contribution >= 0.6 is 35.3 Å². The van der Waals surface area contributed by atoms with Crippen LogP contribution in [-0.4, -0.2) is 47.5 Å². The third-order valence-corrected chi connectivity index (χ3v) is 6.52. The number of piperidine rings is 1. The maximum Gasteiger partial charge on any atom is 0.213 e. The van der Waals surface area contributed by atoms with E-state index in [0.717, 1.165) is 44.3 Å². The highest BCUT2D eigenvalue weighted by Crippen LogP contribution is 2.22. The predicted octanol–water partition coefficient (Wildman–Crippen LogP) is 4.19. The summed E-state index contributed by atoms with van der Waals surface area (Å²) in [6, 6.07) is 0. The number of hydrogen-bond acceptors (Lipinski definition) is 6. The van der Waals surface area contributed by atoms with E-state index in [1.54, 1.807) is 18.4 Å². The van der Waals surface area contributed by atoms with Crippen LogP contribution in [0.2, 0.25) is 0 Å². The van der Waals surface area contributed by atoms with Crippen molar-refractivity contribution in [2.45, 2.75) is 65.5 Å². The Hall–Kier alpha value is -1.20. The molecular weight excluding hydrogens is 523 g/mol. The fraction of sp³-hybridized carbons (Fsp3) is 0.682. The van der Waals surface area contributed by atoms with Gasteiger partial charge in [-0.25, -0.2) is 9.97 Å². The Balaban J connectivity index is 0.00000341. The van der Waals surface area contributed by atoms with E-state index in [2.05, 4.69) is 58.6 Å². The van der Waals surface area contributed by atoms with E-state index in [4.69, 9.17) is 9.40 Å². The fourth-order valence-corrected chi connectivity index (χ4v) is 4.26. The van der Waals surface area contributed by atoms with Gasteiger partial charge in [-0.05, 0) is 38.3 Å². The monoisotopic (exact) mass is 560 g/mol. The molecule has 0 aliphatic carbocycles. The molecule has 0 unspecified atom stereocenters. The van der Waals surface area contributed by atoms with E-state index in [1.807, 2.05) is 6.20 Å². The number of halogens is 1. The first-order valence-corrected chi connectivity index (χ1v) is 11.8. The molecule has 0 aromatic carbocycles. The van der Waals surface area contributed by atoms with Crippen LogP contribution in [-0.2, 0) is 24.9 Å². The summed E-state index contributed by atoms with van der Waals surface area (Å²) in [5, 5.41) is 10.2. The van der Waals surface area contributed by atoms with E-state index in [9.17, 15) is 0 Å². The summed E-state index contributed by atoms with van der Waals surface area (Å²) in [5.41, 5.74) is 1.19. The molecule has 7 nitrogen and oxygen atoms in total. The zero-order valence-corrected chi connectivity index (χ0v) is 22.5. The number of nitrogens with one attached hydrogen (secondary N) is 2. The number of hydrogen-bond donors (Lipinski definition) is 2. The molecule has 3 heterocycles. The van der Waals surface area contributed by atoms with Crippen LogP contribution in [0.3, 0.4) is 0 Å². The molecule has 0 amide bonds.